The summed E-state index contributed by atoms with van der Waals surface area (Å²) in [5.41, 5.74) is 5.13. The molecule has 0 radical (unpaired) electrons. The van der Waals surface area contributed by atoms with E-state index in [0.717, 1.165) is 13.4 Å². The SMILES string of the molecule is COC(=O)C(CN)NS(C)(=O)=O. The largest absolute Gasteiger partial charge is 0.468 e. The highest BCUT2D eigenvalue weighted by Gasteiger charge is 2.20. The van der Waals surface area contributed by atoms with Crippen molar-refractivity contribution >= 4 is 16.0 Å². The van der Waals surface area contributed by atoms with Crippen LogP contribution in [0.25, 0.3) is 0 Å². The molecule has 0 aromatic rings. The molecule has 0 saturated carbocycles. The fourth-order valence-corrected chi connectivity index (χ4v) is 1.30. The van der Waals surface area contributed by atoms with Gasteiger partial charge in [0.25, 0.3) is 0 Å². The Kier molecular flexibility index (Phi) is 4.15. The molecule has 0 heterocycles. The normalized spacial score (nSPS) is 13.9. The van der Waals surface area contributed by atoms with E-state index in [1.807, 2.05) is 4.72 Å². The van der Waals surface area contributed by atoms with Crippen LogP contribution >= 0.6 is 0 Å². The van der Waals surface area contributed by atoms with Crippen LogP contribution in [0.3, 0.4) is 0 Å². The van der Waals surface area contributed by atoms with Gasteiger partial charge in [0.05, 0.1) is 13.4 Å². The number of rotatable bonds is 4. The predicted octanol–water partition coefficient (Wildman–Crippen LogP) is -1.96. The first-order valence-electron chi connectivity index (χ1n) is 3.16. The highest BCUT2D eigenvalue weighted by atomic mass is 32.2. The molecule has 7 heteroatoms. The molecule has 0 rings (SSSR count). The summed E-state index contributed by atoms with van der Waals surface area (Å²) in [4.78, 5) is 10.8. The fourth-order valence-electron chi connectivity index (χ4n) is 0.593. The molecule has 0 aliphatic heterocycles. The minimum atomic E-state index is -3.42. The van der Waals surface area contributed by atoms with Crippen molar-refractivity contribution in [2.45, 2.75) is 6.04 Å². The summed E-state index contributed by atoms with van der Waals surface area (Å²) < 4.78 is 27.6. The molecular weight excluding hydrogens is 184 g/mol. The summed E-state index contributed by atoms with van der Waals surface area (Å²) in [7, 11) is -2.26. The quantitative estimate of drug-likeness (QED) is 0.508. The van der Waals surface area contributed by atoms with E-state index < -0.39 is 22.0 Å². The monoisotopic (exact) mass is 196 g/mol. The highest BCUT2D eigenvalue weighted by molar-refractivity contribution is 7.88. The molecule has 1 unspecified atom stereocenters. The lowest BCUT2D eigenvalue weighted by Crippen LogP contribution is -2.45. The Labute approximate surface area is 71.1 Å². The molecule has 1 atom stereocenters. The lowest BCUT2D eigenvalue weighted by molar-refractivity contribution is -0.142. The Balaban J connectivity index is 4.29. The van der Waals surface area contributed by atoms with Gasteiger partial charge in [0.2, 0.25) is 10.0 Å². The molecule has 12 heavy (non-hydrogen) atoms. The summed E-state index contributed by atoms with van der Waals surface area (Å²) in [6.45, 7) is -0.125. The molecule has 3 N–H and O–H groups in total. The van der Waals surface area contributed by atoms with E-state index >= 15 is 0 Å². The number of carbonyl (C=O) groups excluding carboxylic acids is 1. The summed E-state index contributed by atoms with van der Waals surface area (Å²) in [5, 5.41) is 0. The van der Waals surface area contributed by atoms with Gasteiger partial charge in [-0.15, -0.1) is 0 Å². The third kappa shape index (κ3) is 4.27. The molecule has 0 aliphatic carbocycles. The van der Waals surface area contributed by atoms with E-state index in [4.69, 9.17) is 5.73 Å². The van der Waals surface area contributed by atoms with Gasteiger partial charge in [-0.2, -0.15) is 4.72 Å². The molecule has 0 aliphatic rings. The van der Waals surface area contributed by atoms with Crippen molar-refractivity contribution in [3.05, 3.63) is 0 Å². The zero-order valence-electron chi connectivity index (χ0n) is 6.90. The van der Waals surface area contributed by atoms with Gasteiger partial charge in [-0.3, -0.25) is 4.79 Å². The zero-order valence-corrected chi connectivity index (χ0v) is 7.72. The second-order valence-corrected chi connectivity index (χ2v) is 3.98. The molecule has 72 valence electrons. The number of methoxy groups -OCH3 is 1. The molecule has 0 spiro atoms. The first-order valence-corrected chi connectivity index (χ1v) is 5.05. The average molecular weight is 196 g/mol. The van der Waals surface area contributed by atoms with Crippen LogP contribution in [-0.4, -0.2) is 40.3 Å². The number of hydrogen-bond acceptors (Lipinski definition) is 5. The first kappa shape index (κ1) is 11.3. The number of nitrogens with two attached hydrogens (primary N) is 1. The smallest absolute Gasteiger partial charge is 0.325 e. The summed E-state index contributed by atoms with van der Waals surface area (Å²) >= 11 is 0. The van der Waals surface area contributed by atoms with Crippen LogP contribution < -0.4 is 10.5 Å². The van der Waals surface area contributed by atoms with Gasteiger partial charge >= 0.3 is 5.97 Å². The topological polar surface area (TPSA) is 98.5 Å². The van der Waals surface area contributed by atoms with Gasteiger partial charge in [-0.25, -0.2) is 8.42 Å². The minimum Gasteiger partial charge on any atom is -0.468 e. The van der Waals surface area contributed by atoms with Crippen LogP contribution in [0.5, 0.6) is 0 Å². The van der Waals surface area contributed by atoms with Gasteiger partial charge in [0.15, 0.2) is 0 Å². The van der Waals surface area contributed by atoms with E-state index in [1.165, 1.54) is 0 Å². The van der Waals surface area contributed by atoms with Crippen molar-refractivity contribution in [1.82, 2.24) is 4.72 Å². The minimum absolute atomic E-state index is 0.125. The summed E-state index contributed by atoms with van der Waals surface area (Å²) in [6, 6.07) is -0.995. The summed E-state index contributed by atoms with van der Waals surface area (Å²) in [5.74, 6) is -0.692. The van der Waals surface area contributed by atoms with Crippen molar-refractivity contribution in [2.24, 2.45) is 5.73 Å². The molecule has 0 aromatic carbocycles. The molecule has 0 amide bonds. The van der Waals surface area contributed by atoms with Crippen LogP contribution in [0.4, 0.5) is 0 Å². The van der Waals surface area contributed by atoms with Crippen molar-refractivity contribution < 1.29 is 17.9 Å². The van der Waals surface area contributed by atoms with E-state index in [1.54, 1.807) is 0 Å². The lowest BCUT2D eigenvalue weighted by atomic mass is 10.3. The van der Waals surface area contributed by atoms with Crippen LogP contribution in [0, 0.1) is 0 Å². The maximum absolute atomic E-state index is 10.8. The van der Waals surface area contributed by atoms with Gasteiger partial charge in [0, 0.05) is 6.54 Å². The number of nitrogens with one attached hydrogen (secondary N) is 1. The molecule has 0 fully saturated rings. The van der Waals surface area contributed by atoms with Crippen LogP contribution in [-0.2, 0) is 19.6 Å². The van der Waals surface area contributed by atoms with E-state index in [9.17, 15) is 13.2 Å². The maximum atomic E-state index is 10.8. The molecular formula is C5H12N2O4S. The van der Waals surface area contributed by atoms with Gasteiger partial charge in [0.1, 0.15) is 6.04 Å². The van der Waals surface area contributed by atoms with Crippen molar-refractivity contribution in [3.8, 4) is 0 Å². The van der Waals surface area contributed by atoms with E-state index in [0.29, 0.717) is 0 Å². The van der Waals surface area contributed by atoms with Crippen molar-refractivity contribution in [1.29, 1.82) is 0 Å². The van der Waals surface area contributed by atoms with Crippen LogP contribution in [0.2, 0.25) is 0 Å². The standard InChI is InChI=1S/C5H12N2O4S/c1-11-5(8)4(3-6)7-12(2,9)10/h4,7H,3,6H2,1-2H3. The van der Waals surface area contributed by atoms with Gasteiger partial charge < -0.3 is 10.5 Å². The Hall–Kier alpha value is -0.660. The Morgan fingerprint density at radius 3 is 2.42 bits per heavy atom. The number of ether oxygens (including phenoxy) is 1. The number of hydrogen-bond donors (Lipinski definition) is 2. The second kappa shape index (κ2) is 4.39. The average Bonchev–Trinajstić information content (AvgIpc) is 1.97. The summed E-state index contributed by atoms with van der Waals surface area (Å²) in [6.07, 6.45) is 0.943. The van der Waals surface area contributed by atoms with E-state index in [2.05, 4.69) is 4.74 Å². The van der Waals surface area contributed by atoms with Gasteiger partial charge in [-0.1, -0.05) is 0 Å². The third-order valence-corrected chi connectivity index (χ3v) is 1.79. The highest BCUT2D eigenvalue weighted by Crippen LogP contribution is 1.87. The third-order valence-electron chi connectivity index (χ3n) is 1.08. The van der Waals surface area contributed by atoms with Crippen molar-refractivity contribution in [2.75, 3.05) is 19.9 Å². The Morgan fingerprint density at radius 2 is 2.17 bits per heavy atom. The van der Waals surface area contributed by atoms with Crippen LogP contribution in [0.15, 0.2) is 0 Å². The molecule has 0 bridgehead atoms. The number of sulfonamides is 1. The molecule has 0 aromatic heterocycles. The zero-order chi connectivity index (χ0) is 9.78. The lowest BCUT2D eigenvalue weighted by Gasteiger charge is -2.11. The Bertz CT molecular complexity index is 248. The number of carbonyl (C=O) groups is 1. The fraction of sp³-hybridized carbons (Fsp3) is 0.800. The Morgan fingerprint density at radius 1 is 1.67 bits per heavy atom. The van der Waals surface area contributed by atoms with E-state index in [-0.39, 0.29) is 6.54 Å². The first-order chi connectivity index (χ1) is 5.40. The molecule has 6 nitrogen and oxygen atoms in total. The number of esters is 1. The molecule has 0 saturated heterocycles. The second-order valence-electron chi connectivity index (χ2n) is 2.20. The van der Waals surface area contributed by atoms with Crippen molar-refractivity contribution in [3.63, 3.8) is 0 Å². The maximum Gasteiger partial charge on any atom is 0.325 e. The van der Waals surface area contributed by atoms with Gasteiger partial charge in [-0.05, 0) is 0 Å². The predicted molar refractivity (Wildman–Crippen MR) is 42.8 cm³/mol. The van der Waals surface area contributed by atoms with Crippen LogP contribution in [0.1, 0.15) is 0 Å².